The van der Waals surface area contributed by atoms with E-state index in [1.54, 1.807) is 12.1 Å². The van der Waals surface area contributed by atoms with Crippen LogP contribution in [0.1, 0.15) is 44.1 Å². The maximum absolute atomic E-state index is 13.9. The second-order valence-electron chi connectivity index (χ2n) is 7.29. The molecule has 4 aliphatic carbocycles. The minimum Gasteiger partial charge on any atom is -0.307 e. The van der Waals surface area contributed by atoms with Gasteiger partial charge in [0.1, 0.15) is 5.82 Å². The van der Waals surface area contributed by atoms with Gasteiger partial charge in [-0.15, -0.1) is 0 Å². The topological polar surface area (TPSA) is 12.0 Å². The van der Waals surface area contributed by atoms with Crippen molar-refractivity contribution in [2.45, 2.75) is 50.6 Å². The lowest BCUT2D eigenvalue weighted by Crippen LogP contribution is -2.58. The quantitative estimate of drug-likeness (QED) is 0.846. The third-order valence-electron chi connectivity index (χ3n) is 5.70. The summed E-state index contributed by atoms with van der Waals surface area (Å²) in [6, 6.07) is 5.23. The van der Waals surface area contributed by atoms with Crippen molar-refractivity contribution in [2.75, 3.05) is 0 Å². The molecule has 0 atom stereocenters. The number of halogens is 2. The van der Waals surface area contributed by atoms with Crippen LogP contribution in [0.25, 0.3) is 0 Å². The van der Waals surface area contributed by atoms with Gasteiger partial charge in [0, 0.05) is 22.1 Å². The Labute approximate surface area is 128 Å². The molecule has 0 aromatic heterocycles. The highest BCUT2D eigenvalue weighted by Crippen LogP contribution is 2.55. The Morgan fingerprint density at radius 2 is 1.70 bits per heavy atom. The average molecular weight is 338 g/mol. The molecule has 1 aromatic carbocycles. The molecule has 0 heterocycles. The van der Waals surface area contributed by atoms with E-state index in [1.165, 1.54) is 38.5 Å². The summed E-state index contributed by atoms with van der Waals surface area (Å²) in [4.78, 5) is 0. The lowest BCUT2D eigenvalue weighted by atomic mass is 9.53. The molecule has 4 saturated carbocycles. The molecule has 0 saturated heterocycles. The van der Waals surface area contributed by atoms with Gasteiger partial charge < -0.3 is 5.32 Å². The molecular weight excluding hydrogens is 317 g/mol. The summed E-state index contributed by atoms with van der Waals surface area (Å²) in [6.45, 7) is 0.664. The lowest BCUT2D eigenvalue weighted by Gasteiger charge is -2.57. The zero-order chi connectivity index (χ0) is 13.7. The smallest absolute Gasteiger partial charge is 0.127 e. The van der Waals surface area contributed by atoms with E-state index >= 15 is 0 Å². The number of nitrogens with one attached hydrogen (secondary N) is 1. The first-order valence-corrected chi connectivity index (χ1v) is 8.60. The largest absolute Gasteiger partial charge is 0.307 e. The van der Waals surface area contributed by atoms with Crippen molar-refractivity contribution >= 4 is 15.9 Å². The minimum atomic E-state index is -0.0922. The first kappa shape index (κ1) is 13.3. The molecule has 5 rings (SSSR count). The number of hydrogen-bond donors (Lipinski definition) is 1. The number of rotatable bonds is 3. The van der Waals surface area contributed by atoms with Crippen LogP contribution in [0.3, 0.4) is 0 Å². The fraction of sp³-hybridized carbons (Fsp3) is 0.647. The maximum Gasteiger partial charge on any atom is 0.127 e. The summed E-state index contributed by atoms with van der Waals surface area (Å²) < 4.78 is 14.8. The molecule has 4 aliphatic rings. The van der Waals surface area contributed by atoms with E-state index in [1.807, 2.05) is 6.07 Å². The molecular formula is C17H21BrFN. The molecule has 108 valence electrons. The summed E-state index contributed by atoms with van der Waals surface area (Å²) in [6.07, 6.45) is 8.29. The normalized spacial score (nSPS) is 38.4. The Morgan fingerprint density at radius 3 is 2.30 bits per heavy atom. The van der Waals surface area contributed by atoms with Crippen LogP contribution < -0.4 is 5.32 Å². The van der Waals surface area contributed by atoms with Crippen LogP contribution in [0.4, 0.5) is 4.39 Å². The van der Waals surface area contributed by atoms with Gasteiger partial charge in [-0.1, -0.05) is 15.9 Å². The predicted octanol–water partition coefficient (Wildman–Crippen LogP) is 4.65. The number of hydrogen-bond acceptors (Lipinski definition) is 1. The van der Waals surface area contributed by atoms with E-state index in [9.17, 15) is 4.39 Å². The highest BCUT2D eigenvalue weighted by molar-refractivity contribution is 9.10. The van der Waals surface area contributed by atoms with Gasteiger partial charge in [0.25, 0.3) is 0 Å². The molecule has 0 amide bonds. The van der Waals surface area contributed by atoms with Crippen LogP contribution >= 0.6 is 15.9 Å². The monoisotopic (exact) mass is 337 g/mol. The molecule has 0 radical (unpaired) electrons. The number of benzene rings is 1. The fourth-order valence-electron chi connectivity index (χ4n) is 5.29. The SMILES string of the molecule is Fc1ccc(Br)cc1CNC12CC3CC(CC(C3)C1)C2. The van der Waals surface area contributed by atoms with Crippen molar-refractivity contribution in [3.05, 3.63) is 34.1 Å². The molecule has 4 bridgehead atoms. The zero-order valence-corrected chi connectivity index (χ0v) is 13.3. The van der Waals surface area contributed by atoms with Gasteiger partial charge >= 0.3 is 0 Å². The summed E-state index contributed by atoms with van der Waals surface area (Å²) in [5, 5.41) is 3.75. The van der Waals surface area contributed by atoms with Gasteiger partial charge in [-0.2, -0.15) is 0 Å². The summed E-state index contributed by atoms with van der Waals surface area (Å²) in [5.41, 5.74) is 1.10. The van der Waals surface area contributed by atoms with Crippen molar-refractivity contribution in [2.24, 2.45) is 17.8 Å². The third kappa shape index (κ3) is 2.33. The van der Waals surface area contributed by atoms with E-state index in [0.29, 0.717) is 12.1 Å². The molecule has 0 aliphatic heterocycles. The Kier molecular flexibility index (Phi) is 3.19. The predicted molar refractivity (Wildman–Crippen MR) is 81.8 cm³/mol. The van der Waals surface area contributed by atoms with Crippen molar-refractivity contribution in [1.29, 1.82) is 0 Å². The first-order valence-electron chi connectivity index (χ1n) is 7.81. The Hall–Kier alpha value is -0.410. The molecule has 0 spiro atoms. The summed E-state index contributed by atoms with van der Waals surface area (Å²) in [5.74, 6) is 2.70. The van der Waals surface area contributed by atoms with Crippen LogP contribution in [0, 0.1) is 23.6 Å². The van der Waals surface area contributed by atoms with Crippen molar-refractivity contribution in [1.82, 2.24) is 5.32 Å². The zero-order valence-electron chi connectivity index (χ0n) is 11.7. The fourth-order valence-corrected chi connectivity index (χ4v) is 5.70. The van der Waals surface area contributed by atoms with Crippen LogP contribution in [0.2, 0.25) is 0 Å². The van der Waals surface area contributed by atoms with Gasteiger partial charge in [-0.3, -0.25) is 0 Å². The van der Waals surface area contributed by atoms with Crippen LogP contribution in [-0.2, 0) is 6.54 Å². The van der Waals surface area contributed by atoms with E-state index in [4.69, 9.17) is 0 Å². The second-order valence-corrected chi connectivity index (χ2v) is 8.20. The molecule has 20 heavy (non-hydrogen) atoms. The highest BCUT2D eigenvalue weighted by atomic mass is 79.9. The molecule has 3 heteroatoms. The van der Waals surface area contributed by atoms with E-state index in [-0.39, 0.29) is 5.82 Å². The Bertz CT molecular complexity index is 492. The Balaban J connectivity index is 1.50. The van der Waals surface area contributed by atoms with Crippen LogP contribution in [0.15, 0.2) is 22.7 Å². The van der Waals surface area contributed by atoms with Gasteiger partial charge in [-0.05, 0) is 74.5 Å². The molecule has 1 nitrogen and oxygen atoms in total. The molecule has 1 aromatic rings. The van der Waals surface area contributed by atoms with Gasteiger partial charge in [0.15, 0.2) is 0 Å². The average Bonchev–Trinajstić information content (AvgIpc) is 2.38. The standard InChI is InChI=1S/C17H21BrFN/c18-15-1-2-16(19)14(6-15)10-20-17-7-11-3-12(8-17)5-13(4-11)9-17/h1-2,6,11-13,20H,3-5,7-10H2. The van der Waals surface area contributed by atoms with Crippen LogP contribution in [0.5, 0.6) is 0 Å². The van der Waals surface area contributed by atoms with E-state index < -0.39 is 0 Å². The Morgan fingerprint density at radius 1 is 1.10 bits per heavy atom. The maximum atomic E-state index is 13.9. The van der Waals surface area contributed by atoms with E-state index in [0.717, 1.165) is 27.8 Å². The van der Waals surface area contributed by atoms with E-state index in [2.05, 4.69) is 21.2 Å². The molecule has 4 fully saturated rings. The molecule has 1 N–H and O–H groups in total. The summed E-state index contributed by atoms with van der Waals surface area (Å²) in [7, 11) is 0. The summed E-state index contributed by atoms with van der Waals surface area (Å²) >= 11 is 3.44. The van der Waals surface area contributed by atoms with Crippen LogP contribution in [-0.4, -0.2) is 5.54 Å². The lowest BCUT2D eigenvalue weighted by molar-refractivity contribution is -0.0207. The van der Waals surface area contributed by atoms with Gasteiger partial charge in [-0.25, -0.2) is 4.39 Å². The first-order chi connectivity index (χ1) is 9.62. The van der Waals surface area contributed by atoms with Crippen molar-refractivity contribution in [3.63, 3.8) is 0 Å². The minimum absolute atomic E-state index is 0.0922. The molecule has 0 unspecified atom stereocenters. The second kappa shape index (κ2) is 4.81. The highest BCUT2D eigenvalue weighted by Gasteiger charge is 2.50. The van der Waals surface area contributed by atoms with Gasteiger partial charge in [0.2, 0.25) is 0 Å². The third-order valence-corrected chi connectivity index (χ3v) is 6.19. The van der Waals surface area contributed by atoms with Crippen molar-refractivity contribution in [3.8, 4) is 0 Å². The van der Waals surface area contributed by atoms with Gasteiger partial charge in [0.05, 0.1) is 0 Å². The van der Waals surface area contributed by atoms with Crippen molar-refractivity contribution < 1.29 is 4.39 Å².